The summed E-state index contributed by atoms with van der Waals surface area (Å²) < 4.78 is 26.8. The smallest absolute Gasteiger partial charge is 0.258 e. The number of carbonyl (C=O) groups is 2. The topological polar surface area (TPSA) is 98.8 Å². The summed E-state index contributed by atoms with van der Waals surface area (Å²) in [5.74, 6) is -0.484. The van der Waals surface area contributed by atoms with Crippen LogP contribution >= 0.6 is 12.2 Å². The largest absolute Gasteiger partial charge is 0.332 e. The highest BCUT2D eigenvalue weighted by Crippen LogP contribution is 2.40. The lowest BCUT2D eigenvalue weighted by Crippen LogP contribution is -2.34. The summed E-state index contributed by atoms with van der Waals surface area (Å²) in [5, 5.41) is 7.48. The number of hydrogen-bond donors (Lipinski definition) is 2. The molecule has 0 bridgehead atoms. The summed E-state index contributed by atoms with van der Waals surface area (Å²) in [6.07, 6.45) is 1.72. The van der Waals surface area contributed by atoms with E-state index in [0.29, 0.717) is 36.4 Å². The van der Waals surface area contributed by atoms with Gasteiger partial charge in [0.05, 0.1) is 10.6 Å². The van der Waals surface area contributed by atoms with Crippen LogP contribution in [-0.4, -0.2) is 49.3 Å². The first-order valence-electron chi connectivity index (χ1n) is 11.4. The second-order valence-corrected chi connectivity index (χ2v) is 10.8. The summed E-state index contributed by atoms with van der Waals surface area (Å²) in [6.45, 7) is 3.54. The minimum absolute atomic E-state index is 0.0312. The molecule has 0 unspecified atom stereocenters. The van der Waals surface area contributed by atoms with Crippen molar-refractivity contribution < 1.29 is 18.0 Å². The molecule has 0 spiro atoms. The van der Waals surface area contributed by atoms with E-state index in [1.807, 2.05) is 31.2 Å². The van der Waals surface area contributed by atoms with Gasteiger partial charge in [-0.15, -0.1) is 0 Å². The molecule has 10 heteroatoms. The van der Waals surface area contributed by atoms with Crippen LogP contribution < -0.4 is 15.5 Å². The Kier molecular flexibility index (Phi) is 6.04. The van der Waals surface area contributed by atoms with E-state index >= 15 is 0 Å². The fourth-order valence-electron chi connectivity index (χ4n) is 4.65. The normalized spacial score (nSPS) is 15.6. The average Bonchev–Trinajstić information content (AvgIpc) is 3.49. The van der Waals surface area contributed by atoms with Crippen molar-refractivity contribution in [3.05, 3.63) is 65.7 Å². The van der Waals surface area contributed by atoms with Crippen molar-refractivity contribution in [1.29, 1.82) is 0 Å². The molecule has 0 aromatic heterocycles. The fourth-order valence-corrected chi connectivity index (χ4v) is 6.37. The first-order chi connectivity index (χ1) is 16.8. The highest BCUT2D eigenvalue weighted by molar-refractivity contribution is 7.89. The van der Waals surface area contributed by atoms with E-state index < -0.39 is 15.9 Å². The maximum Gasteiger partial charge on any atom is 0.258 e. The van der Waals surface area contributed by atoms with Crippen LogP contribution in [0.2, 0.25) is 0 Å². The van der Waals surface area contributed by atoms with Gasteiger partial charge in [0, 0.05) is 47.2 Å². The molecule has 2 N–H and O–H groups in total. The zero-order valence-electron chi connectivity index (χ0n) is 19.1. The molecule has 2 aliphatic rings. The highest BCUT2D eigenvalue weighted by atomic mass is 32.2. The van der Waals surface area contributed by atoms with Crippen molar-refractivity contribution in [1.82, 2.24) is 9.62 Å². The average molecular weight is 509 g/mol. The lowest BCUT2D eigenvalue weighted by atomic mass is 10.0. The number of thiocarbonyl (C=S) groups is 1. The van der Waals surface area contributed by atoms with Crippen LogP contribution in [-0.2, 0) is 10.0 Å². The van der Waals surface area contributed by atoms with Gasteiger partial charge in [-0.05, 0) is 74.4 Å². The Balaban J connectivity index is 1.31. The van der Waals surface area contributed by atoms with E-state index in [-0.39, 0.29) is 15.9 Å². The van der Waals surface area contributed by atoms with Crippen LogP contribution in [0.25, 0.3) is 10.8 Å². The van der Waals surface area contributed by atoms with Crippen LogP contribution in [0.5, 0.6) is 0 Å². The van der Waals surface area contributed by atoms with Gasteiger partial charge in [-0.25, -0.2) is 8.42 Å². The van der Waals surface area contributed by atoms with Gasteiger partial charge in [-0.1, -0.05) is 12.1 Å². The monoisotopic (exact) mass is 508 g/mol. The first kappa shape index (κ1) is 23.4. The van der Waals surface area contributed by atoms with Crippen LogP contribution in [0.3, 0.4) is 0 Å². The van der Waals surface area contributed by atoms with E-state index in [0.717, 1.165) is 29.3 Å². The molecular weight excluding hydrogens is 484 g/mol. The third kappa shape index (κ3) is 4.07. The minimum atomic E-state index is -3.54. The van der Waals surface area contributed by atoms with Gasteiger partial charge in [0.2, 0.25) is 10.0 Å². The van der Waals surface area contributed by atoms with Gasteiger partial charge < -0.3 is 10.2 Å². The number of carbonyl (C=O) groups excluding carboxylic acids is 2. The second-order valence-electron chi connectivity index (χ2n) is 8.45. The molecule has 3 aromatic carbocycles. The fraction of sp³-hybridized carbons (Fsp3) is 0.240. The number of nitrogens with one attached hydrogen (secondary N) is 2. The maximum atomic E-state index is 12.7. The van der Waals surface area contributed by atoms with Crippen molar-refractivity contribution in [3.63, 3.8) is 0 Å². The predicted octanol–water partition coefficient (Wildman–Crippen LogP) is 3.73. The molecule has 0 aliphatic carbocycles. The number of nitrogens with zero attached hydrogens (tertiary/aromatic N) is 2. The van der Waals surface area contributed by atoms with Crippen LogP contribution in [0.4, 0.5) is 11.4 Å². The van der Waals surface area contributed by atoms with E-state index in [9.17, 15) is 18.0 Å². The molecule has 35 heavy (non-hydrogen) atoms. The molecular formula is C25H24N4O4S2. The van der Waals surface area contributed by atoms with Gasteiger partial charge in [0.25, 0.3) is 11.8 Å². The van der Waals surface area contributed by atoms with Crippen LogP contribution in [0.15, 0.2) is 59.5 Å². The zero-order valence-corrected chi connectivity index (χ0v) is 20.7. The maximum absolute atomic E-state index is 12.7. The van der Waals surface area contributed by atoms with E-state index in [4.69, 9.17) is 12.2 Å². The minimum Gasteiger partial charge on any atom is -0.332 e. The van der Waals surface area contributed by atoms with Gasteiger partial charge >= 0.3 is 0 Å². The Morgan fingerprint density at radius 1 is 1.03 bits per heavy atom. The number of amides is 2. The number of benzene rings is 3. The lowest BCUT2D eigenvalue weighted by Gasteiger charge is -2.16. The van der Waals surface area contributed by atoms with Gasteiger partial charge in [0.1, 0.15) is 0 Å². The Hall–Kier alpha value is -3.34. The Labute approximate surface area is 209 Å². The summed E-state index contributed by atoms with van der Waals surface area (Å²) in [4.78, 5) is 27.3. The molecule has 5 rings (SSSR count). The molecule has 0 radical (unpaired) electrons. The van der Waals surface area contributed by atoms with Gasteiger partial charge in [-0.2, -0.15) is 4.31 Å². The quantitative estimate of drug-likeness (QED) is 0.510. The molecule has 2 amide bonds. The summed E-state index contributed by atoms with van der Waals surface area (Å²) in [6, 6.07) is 15.1. The van der Waals surface area contributed by atoms with E-state index in [1.54, 1.807) is 11.0 Å². The summed E-state index contributed by atoms with van der Waals surface area (Å²) >= 11 is 5.36. The molecule has 1 saturated heterocycles. The van der Waals surface area contributed by atoms with Crippen molar-refractivity contribution in [3.8, 4) is 0 Å². The molecule has 2 aliphatic heterocycles. The molecule has 8 nitrogen and oxygen atoms in total. The Morgan fingerprint density at radius 3 is 2.43 bits per heavy atom. The zero-order chi connectivity index (χ0) is 24.7. The second kappa shape index (κ2) is 9.03. The van der Waals surface area contributed by atoms with E-state index in [1.165, 1.54) is 28.6 Å². The summed E-state index contributed by atoms with van der Waals surface area (Å²) in [7, 11) is -3.54. The molecule has 180 valence electrons. The Bertz CT molecular complexity index is 1460. The standard InChI is InChI=1S/C25H24N4O4S2/c1-2-29-21-13-12-20(18-6-5-7-19(22(18)21)24(29)31)26-25(34)27-23(30)16-8-10-17(11-9-16)35(32,33)28-14-3-4-15-28/h5-13H,2-4,14-15H2,1H3,(H2,26,27,30,34). The highest BCUT2D eigenvalue weighted by Gasteiger charge is 2.30. The number of rotatable bonds is 5. The molecule has 0 saturated carbocycles. The number of anilines is 2. The molecule has 3 aromatic rings. The van der Waals surface area contributed by atoms with Crippen molar-refractivity contribution in [2.75, 3.05) is 29.9 Å². The first-order valence-corrected chi connectivity index (χ1v) is 13.3. The number of hydrogen-bond acceptors (Lipinski definition) is 5. The summed E-state index contributed by atoms with van der Waals surface area (Å²) in [5.41, 5.74) is 2.46. The predicted molar refractivity (Wildman–Crippen MR) is 139 cm³/mol. The van der Waals surface area contributed by atoms with E-state index in [2.05, 4.69) is 10.6 Å². The molecule has 2 heterocycles. The van der Waals surface area contributed by atoms with Gasteiger partial charge in [0.15, 0.2) is 5.11 Å². The molecule has 0 atom stereocenters. The SMILES string of the molecule is CCN1C(=O)c2cccc3c(NC(=S)NC(=O)c4ccc(S(=O)(=O)N5CCCC5)cc4)ccc1c23. The van der Waals surface area contributed by atoms with Crippen molar-refractivity contribution in [2.24, 2.45) is 0 Å². The van der Waals surface area contributed by atoms with Gasteiger partial charge in [-0.3, -0.25) is 14.9 Å². The number of sulfonamides is 1. The van der Waals surface area contributed by atoms with Crippen molar-refractivity contribution >= 4 is 61.3 Å². The molecule has 1 fully saturated rings. The van der Waals surface area contributed by atoms with Crippen LogP contribution in [0.1, 0.15) is 40.5 Å². The van der Waals surface area contributed by atoms with Crippen LogP contribution in [0, 0.1) is 0 Å². The third-order valence-corrected chi connectivity index (χ3v) is 8.51. The Morgan fingerprint density at radius 2 is 1.74 bits per heavy atom. The third-order valence-electron chi connectivity index (χ3n) is 6.40. The lowest BCUT2D eigenvalue weighted by molar-refractivity contribution is 0.0974. The van der Waals surface area contributed by atoms with Crippen molar-refractivity contribution in [2.45, 2.75) is 24.7 Å².